The predicted octanol–water partition coefficient (Wildman–Crippen LogP) is 1.55. The van der Waals surface area contributed by atoms with E-state index in [9.17, 15) is 9.59 Å². The molecule has 0 fully saturated rings. The number of nitrogens with one attached hydrogen (secondary N) is 2. The van der Waals surface area contributed by atoms with Crippen LogP contribution in [0.3, 0.4) is 0 Å². The van der Waals surface area contributed by atoms with Gasteiger partial charge in [0.15, 0.2) is 6.61 Å². The molecule has 6 nitrogen and oxygen atoms in total. The van der Waals surface area contributed by atoms with Gasteiger partial charge in [0.05, 0.1) is 13.7 Å². The van der Waals surface area contributed by atoms with E-state index in [1.165, 1.54) is 7.11 Å². The number of benzene rings is 2. The maximum Gasteiger partial charge on any atom is 0.343 e. The van der Waals surface area contributed by atoms with Crippen molar-refractivity contribution in [3.05, 3.63) is 36.4 Å². The number of esters is 1. The summed E-state index contributed by atoms with van der Waals surface area (Å²) in [6.07, 6.45) is 0. The Morgan fingerprint density at radius 2 is 1.82 bits per heavy atom. The Balaban J connectivity index is 2.30. The molecule has 2 rings (SSSR count). The Labute approximate surface area is 128 Å². The second kappa shape index (κ2) is 7.42. The predicted molar refractivity (Wildman–Crippen MR) is 84.0 cm³/mol. The van der Waals surface area contributed by atoms with E-state index in [4.69, 9.17) is 4.74 Å². The second-order valence-corrected chi connectivity index (χ2v) is 4.60. The number of fused-ring (bicyclic) bond motifs is 1. The Bertz CT molecular complexity index is 685. The first-order valence-electron chi connectivity index (χ1n) is 6.81. The molecule has 0 saturated heterocycles. The van der Waals surface area contributed by atoms with Crippen molar-refractivity contribution in [3.8, 4) is 5.75 Å². The van der Waals surface area contributed by atoms with E-state index in [1.807, 2.05) is 24.3 Å². The van der Waals surface area contributed by atoms with E-state index in [0.29, 0.717) is 11.4 Å². The van der Waals surface area contributed by atoms with Crippen molar-refractivity contribution in [2.24, 2.45) is 0 Å². The van der Waals surface area contributed by atoms with Gasteiger partial charge in [0.2, 0.25) is 5.91 Å². The van der Waals surface area contributed by atoms with Crippen LogP contribution in [0.1, 0.15) is 0 Å². The molecule has 2 aromatic carbocycles. The highest BCUT2D eigenvalue weighted by atomic mass is 16.6. The van der Waals surface area contributed by atoms with Crippen molar-refractivity contribution < 1.29 is 19.1 Å². The van der Waals surface area contributed by atoms with E-state index in [2.05, 4.69) is 15.4 Å². The van der Waals surface area contributed by atoms with Crippen molar-refractivity contribution >= 4 is 28.3 Å². The van der Waals surface area contributed by atoms with Gasteiger partial charge >= 0.3 is 5.97 Å². The van der Waals surface area contributed by atoms with Gasteiger partial charge < -0.3 is 20.1 Å². The van der Waals surface area contributed by atoms with Gasteiger partial charge in [-0.05, 0) is 19.2 Å². The van der Waals surface area contributed by atoms with Crippen LogP contribution in [0.15, 0.2) is 36.4 Å². The number of ether oxygens (including phenoxy) is 2. The lowest BCUT2D eigenvalue weighted by Crippen LogP contribution is -2.25. The van der Waals surface area contributed by atoms with Gasteiger partial charge in [-0.15, -0.1) is 0 Å². The summed E-state index contributed by atoms with van der Waals surface area (Å²) in [5, 5.41) is 7.29. The molecule has 22 heavy (non-hydrogen) atoms. The molecule has 0 aliphatic heterocycles. The molecule has 2 N–H and O–H groups in total. The summed E-state index contributed by atoms with van der Waals surface area (Å²) in [4.78, 5) is 22.9. The quantitative estimate of drug-likeness (QED) is 0.792. The third-order valence-electron chi connectivity index (χ3n) is 3.07. The molecule has 6 heteroatoms. The number of methoxy groups -OCH3 is 1. The van der Waals surface area contributed by atoms with Crippen molar-refractivity contribution in [3.63, 3.8) is 0 Å². The summed E-state index contributed by atoms with van der Waals surface area (Å²) in [6.45, 7) is 0.0703. The molecular formula is C16H18N2O4. The lowest BCUT2D eigenvalue weighted by Gasteiger charge is -2.13. The van der Waals surface area contributed by atoms with Gasteiger partial charge in [-0.2, -0.15) is 0 Å². The number of rotatable bonds is 6. The molecule has 0 aliphatic carbocycles. The third-order valence-corrected chi connectivity index (χ3v) is 3.07. The Kier molecular flexibility index (Phi) is 5.32. The van der Waals surface area contributed by atoms with Crippen LogP contribution in [-0.4, -0.2) is 39.2 Å². The summed E-state index contributed by atoms with van der Waals surface area (Å²) in [5.41, 5.74) is 0.696. The number of carbonyl (C=O) groups excluding carboxylic acids is 2. The molecule has 0 bridgehead atoms. The number of hydrogen-bond donors (Lipinski definition) is 2. The summed E-state index contributed by atoms with van der Waals surface area (Å²) in [7, 11) is 3.02. The zero-order valence-corrected chi connectivity index (χ0v) is 12.5. The minimum atomic E-state index is -0.449. The average molecular weight is 302 g/mol. The molecule has 2 aromatic rings. The van der Waals surface area contributed by atoms with Crippen LogP contribution in [0.2, 0.25) is 0 Å². The molecule has 0 radical (unpaired) electrons. The first-order chi connectivity index (χ1) is 10.7. The highest BCUT2D eigenvalue weighted by Crippen LogP contribution is 2.31. The number of hydrogen-bond acceptors (Lipinski definition) is 5. The van der Waals surface area contributed by atoms with E-state index in [1.54, 1.807) is 19.2 Å². The number of anilines is 1. The lowest BCUT2D eigenvalue weighted by atomic mass is 10.1. The smallest absolute Gasteiger partial charge is 0.343 e. The van der Waals surface area contributed by atoms with Gasteiger partial charge in [-0.1, -0.05) is 24.3 Å². The van der Waals surface area contributed by atoms with Gasteiger partial charge in [-0.25, -0.2) is 4.79 Å². The van der Waals surface area contributed by atoms with E-state index in [-0.39, 0.29) is 19.1 Å². The van der Waals surface area contributed by atoms with E-state index < -0.39 is 5.97 Å². The molecule has 0 spiro atoms. The third kappa shape index (κ3) is 3.73. The number of amides is 1. The largest absolute Gasteiger partial charge is 0.481 e. The van der Waals surface area contributed by atoms with Crippen molar-refractivity contribution in [2.45, 2.75) is 0 Å². The summed E-state index contributed by atoms with van der Waals surface area (Å²) in [6, 6.07) is 11.0. The number of carbonyl (C=O) groups is 2. The fourth-order valence-electron chi connectivity index (χ4n) is 2.06. The number of likely N-dealkylation sites (N-methyl/N-ethyl adjacent to an activating group) is 1. The molecule has 0 aliphatic rings. The fourth-order valence-corrected chi connectivity index (χ4v) is 2.06. The zero-order valence-electron chi connectivity index (χ0n) is 12.5. The minimum absolute atomic E-state index is 0.129. The SMILES string of the molecule is CNCC(=O)Nc1ccc(OCC(=O)OC)c2ccccc12. The maximum absolute atomic E-state index is 11.7. The minimum Gasteiger partial charge on any atom is -0.481 e. The summed E-state index contributed by atoms with van der Waals surface area (Å²) in [5.74, 6) is -0.0148. The van der Waals surface area contributed by atoms with Crippen LogP contribution in [0.25, 0.3) is 10.8 Å². The van der Waals surface area contributed by atoms with Crippen LogP contribution < -0.4 is 15.4 Å². The molecule has 0 atom stereocenters. The summed E-state index contributed by atoms with van der Waals surface area (Å²) >= 11 is 0. The second-order valence-electron chi connectivity index (χ2n) is 4.60. The van der Waals surface area contributed by atoms with Gasteiger partial charge in [-0.3, -0.25) is 4.79 Å². The van der Waals surface area contributed by atoms with Crippen molar-refractivity contribution in [1.82, 2.24) is 5.32 Å². The van der Waals surface area contributed by atoms with Crippen molar-refractivity contribution in [2.75, 3.05) is 32.6 Å². The molecule has 1 amide bonds. The Morgan fingerprint density at radius 1 is 1.09 bits per heavy atom. The molecule has 0 aromatic heterocycles. The van der Waals surface area contributed by atoms with E-state index in [0.717, 1.165) is 10.8 Å². The Hall–Kier alpha value is -2.60. The zero-order chi connectivity index (χ0) is 15.9. The topological polar surface area (TPSA) is 76.7 Å². The van der Waals surface area contributed by atoms with Gasteiger partial charge in [0.25, 0.3) is 0 Å². The van der Waals surface area contributed by atoms with Gasteiger partial charge in [0.1, 0.15) is 5.75 Å². The van der Waals surface area contributed by atoms with Crippen LogP contribution >= 0.6 is 0 Å². The maximum atomic E-state index is 11.7. The summed E-state index contributed by atoms with van der Waals surface area (Å²) < 4.78 is 10.0. The molecule has 0 saturated carbocycles. The van der Waals surface area contributed by atoms with Crippen LogP contribution in [-0.2, 0) is 14.3 Å². The lowest BCUT2D eigenvalue weighted by molar-refractivity contribution is -0.142. The standard InChI is InChI=1S/C16H18N2O4/c1-17-9-15(19)18-13-7-8-14(22-10-16(20)21-2)12-6-4-3-5-11(12)13/h3-8,17H,9-10H2,1-2H3,(H,18,19). The van der Waals surface area contributed by atoms with E-state index >= 15 is 0 Å². The average Bonchev–Trinajstić information content (AvgIpc) is 2.54. The monoisotopic (exact) mass is 302 g/mol. The van der Waals surface area contributed by atoms with Crippen LogP contribution in [0.5, 0.6) is 5.75 Å². The fraction of sp³-hybridized carbons (Fsp3) is 0.250. The normalized spacial score (nSPS) is 10.3. The molecule has 0 heterocycles. The molecule has 116 valence electrons. The van der Waals surface area contributed by atoms with Crippen LogP contribution in [0, 0.1) is 0 Å². The first kappa shape index (κ1) is 15.8. The van der Waals surface area contributed by atoms with Gasteiger partial charge in [0, 0.05) is 16.5 Å². The molecular weight excluding hydrogens is 284 g/mol. The van der Waals surface area contributed by atoms with Crippen LogP contribution in [0.4, 0.5) is 5.69 Å². The highest BCUT2D eigenvalue weighted by Gasteiger charge is 2.10. The molecule has 0 unspecified atom stereocenters. The van der Waals surface area contributed by atoms with Crippen molar-refractivity contribution in [1.29, 1.82) is 0 Å². The first-order valence-corrected chi connectivity index (χ1v) is 6.81. The Morgan fingerprint density at radius 3 is 2.50 bits per heavy atom. The highest BCUT2D eigenvalue weighted by molar-refractivity contribution is 6.04.